The summed E-state index contributed by atoms with van der Waals surface area (Å²) >= 11 is 1.18. The molecule has 14 heteroatoms. The molecule has 0 atom stereocenters. The zero-order valence-corrected chi connectivity index (χ0v) is 20.1. The molecule has 184 valence electrons. The van der Waals surface area contributed by atoms with Crippen molar-refractivity contribution in [1.82, 2.24) is 49.9 Å². The van der Waals surface area contributed by atoms with E-state index in [0.717, 1.165) is 77.5 Å². The topological polar surface area (TPSA) is 144 Å². The summed E-state index contributed by atoms with van der Waals surface area (Å²) < 4.78 is 3.64. The summed E-state index contributed by atoms with van der Waals surface area (Å²) in [5.41, 5.74) is 1.36. The van der Waals surface area contributed by atoms with Crippen molar-refractivity contribution in [3.63, 3.8) is 0 Å². The first-order chi connectivity index (χ1) is 16.6. The first kappa shape index (κ1) is 24.5. The van der Waals surface area contributed by atoms with E-state index in [1.165, 1.54) is 24.4 Å². The summed E-state index contributed by atoms with van der Waals surface area (Å²) in [7, 11) is 1.72. The summed E-state index contributed by atoms with van der Waals surface area (Å²) in [6.07, 6.45) is 5.64. The van der Waals surface area contributed by atoms with Crippen LogP contribution in [0.5, 0.6) is 0 Å². The lowest BCUT2D eigenvalue weighted by molar-refractivity contribution is -0.392. The second-order valence-electron chi connectivity index (χ2n) is 8.08. The van der Waals surface area contributed by atoms with Crippen molar-refractivity contribution in [2.45, 2.75) is 23.0 Å². The number of nitrogens with one attached hydrogen (secondary N) is 3. The molecule has 1 fully saturated rings. The standard InChI is InChI=1S/C20H31N11O2S/c1-28-14-27-18(31(32)33)20(28)34-19-16-17(24-13-25-19)30(15-26-16)10-2-9-29-11-7-22-5-3-21-4-6-23-8-12-29/h13-15,21-23H,2-12H2,1H3. The molecule has 0 unspecified atom stereocenters. The van der Waals surface area contributed by atoms with Crippen molar-refractivity contribution >= 4 is 28.7 Å². The molecule has 1 aliphatic rings. The average Bonchev–Trinajstić information content (AvgIpc) is 3.40. The Morgan fingerprint density at radius 2 is 1.68 bits per heavy atom. The van der Waals surface area contributed by atoms with E-state index < -0.39 is 4.92 Å². The van der Waals surface area contributed by atoms with Crippen molar-refractivity contribution in [3.05, 3.63) is 29.1 Å². The van der Waals surface area contributed by atoms with Crippen molar-refractivity contribution in [2.24, 2.45) is 7.05 Å². The molecule has 1 aliphatic heterocycles. The molecular formula is C20H31N11O2S. The van der Waals surface area contributed by atoms with Crippen LogP contribution in [0.4, 0.5) is 5.82 Å². The monoisotopic (exact) mass is 489 g/mol. The van der Waals surface area contributed by atoms with Crippen LogP contribution in [0.3, 0.4) is 0 Å². The van der Waals surface area contributed by atoms with Gasteiger partial charge in [-0.2, -0.15) is 0 Å². The second-order valence-corrected chi connectivity index (χ2v) is 9.06. The number of nitrogens with zero attached hydrogens (tertiary/aromatic N) is 8. The highest BCUT2D eigenvalue weighted by atomic mass is 32.2. The summed E-state index contributed by atoms with van der Waals surface area (Å²) in [6, 6.07) is 0. The van der Waals surface area contributed by atoms with E-state index in [-0.39, 0.29) is 5.82 Å². The van der Waals surface area contributed by atoms with Gasteiger partial charge >= 0.3 is 5.82 Å². The summed E-state index contributed by atoms with van der Waals surface area (Å²) in [5.74, 6) is -0.190. The molecule has 3 aromatic heterocycles. The van der Waals surface area contributed by atoms with E-state index in [1.807, 2.05) is 4.57 Å². The number of hydrogen-bond donors (Lipinski definition) is 3. The van der Waals surface area contributed by atoms with E-state index >= 15 is 0 Å². The van der Waals surface area contributed by atoms with E-state index in [0.29, 0.717) is 15.6 Å². The predicted molar refractivity (Wildman–Crippen MR) is 129 cm³/mol. The molecule has 4 rings (SSSR count). The fraction of sp³-hybridized carbons (Fsp3) is 0.600. The van der Waals surface area contributed by atoms with Crippen LogP contribution in [0.1, 0.15) is 6.42 Å². The fourth-order valence-electron chi connectivity index (χ4n) is 3.84. The minimum absolute atomic E-state index is 0.190. The fourth-order valence-corrected chi connectivity index (χ4v) is 4.77. The van der Waals surface area contributed by atoms with Gasteiger partial charge in [-0.05, 0) is 34.6 Å². The number of imidazole rings is 2. The first-order valence-electron chi connectivity index (χ1n) is 11.5. The van der Waals surface area contributed by atoms with Crippen molar-refractivity contribution in [2.75, 3.05) is 58.9 Å². The van der Waals surface area contributed by atoms with Gasteiger partial charge in [0.1, 0.15) is 16.9 Å². The van der Waals surface area contributed by atoms with Gasteiger partial charge in [-0.15, -0.1) is 0 Å². The van der Waals surface area contributed by atoms with Crippen molar-refractivity contribution < 1.29 is 4.92 Å². The normalized spacial score (nSPS) is 16.9. The third-order valence-corrected chi connectivity index (χ3v) is 6.79. The van der Waals surface area contributed by atoms with Crippen molar-refractivity contribution in [3.8, 4) is 0 Å². The largest absolute Gasteiger partial charge is 0.396 e. The number of fused-ring (bicyclic) bond motifs is 1. The Balaban J connectivity index is 1.38. The van der Waals surface area contributed by atoms with Crippen LogP contribution in [0.2, 0.25) is 0 Å². The summed E-state index contributed by atoms with van der Waals surface area (Å²) in [4.78, 5) is 30.4. The van der Waals surface area contributed by atoms with E-state index in [9.17, 15) is 10.1 Å². The molecule has 1 saturated heterocycles. The minimum Gasteiger partial charge on any atom is -0.358 e. The van der Waals surface area contributed by atoms with Crippen LogP contribution in [-0.2, 0) is 13.6 Å². The molecule has 34 heavy (non-hydrogen) atoms. The molecule has 0 aromatic carbocycles. The molecule has 0 radical (unpaired) electrons. The van der Waals surface area contributed by atoms with Crippen LogP contribution in [0, 0.1) is 10.1 Å². The highest BCUT2D eigenvalue weighted by Crippen LogP contribution is 2.35. The lowest BCUT2D eigenvalue weighted by atomic mass is 10.3. The van der Waals surface area contributed by atoms with Gasteiger partial charge in [0.15, 0.2) is 10.7 Å². The Kier molecular flexibility index (Phi) is 8.76. The van der Waals surface area contributed by atoms with Crippen molar-refractivity contribution in [1.29, 1.82) is 0 Å². The molecule has 3 N–H and O–H groups in total. The van der Waals surface area contributed by atoms with Gasteiger partial charge in [0, 0.05) is 66.0 Å². The maximum Gasteiger partial charge on any atom is 0.396 e. The molecular weight excluding hydrogens is 458 g/mol. The Morgan fingerprint density at radius 3 is 2.38 bits per heavy atom. The number of hydrogen-bond acceptors (Lipinski definition) is 11. The molecule has 0 saturated carbocycles. The lowest BCUT2D eigenvalue weighted by Crippen LogP contribution is -2.42. The van der Waals surface area contributed by atoms with Gasteiger partial charge in [-0.25, -0.2) is 15.0 Å². The maximum absolute atomic E-state index is 11.3. The number of aryl methyl sites for hydroxylation is 2. The minimum atomic E-state index is -0.487. The maximum atomic E-state index is 11.3. The van der Waals surface area contributed by atoms with Crippen LogP contribution in [-0.4, -0.2) is 97.8 Å². The van der Waals surface area contributed by atoms with Gasteiger partial charge in [0.05, 0.1) is 6.33 Å². The number of aromatic nitrogens is 6. The number of nitro groups is 1. The SMILES string of the molecule is Cn1cnc([N+](=O)[O-])c1Sc1ncnc2c1ncn2CCCN1CCNCCNCCNCC1. The Labute approximate surface area is 201 Å². The molecule has 0 amide bonds. The first-order valence-corrected chi connectivity index (χ1v) is 12.3. The average molecular weight is 490 g/mol. The van der Waals surface area contributed by atoms with Gasteiger partial charge in [0.2, 0.25) is 6.33 Å². The third kappa shape index (κ3) is 6.27. The molecule has 0 spiro atoms. The number of rotatable bonds is 7. The van der Waals surface area contributed by atoms with Crippen LogP contribution < -0.4 is 16.0 Å². The van der Waals surface area contributed by atoms with Gasteiger partial charge in [-0.1, -0.05) is 0 Å². The highest BCUT2D eigenvalue weighted by molar-refractivity contribution is 7.99. The third-order valence-electron chi connectivity index (χ3n) is 5.64. The highest BCUT2D eigenvalue weighted by Gasteiger charge is 2.23. The van der Waals surface area contributed by atoms with E-state index in [2.05, 4.69) is 40.8 Å². The van der Waals surface area contributed by atoms with Gasteiger partial charge in [0.25, 0.3) is 0 Å². The van der Waals surface area contributed by atoms with Gasteiger partial charge in [-0.3, -0.25) is 0 Å². The lowest BCUT2D eigenvalue weighted by Gasteiger charge is -2.23. The zero-order valence-electron chi connectivity index (χ0n) is 19.3. The Morgan fingerprint density at radius 1 is 0.971 bits per heavy atom. The summed E-state index contributed by atoms with van der Waals surface area (Å²) in [6.45, 7) is 9.69. The molecule has 13 nitrogen and oxygen atoms in total. The molecule has 3 aromatic rings. The molecule has 4 heterocycles. The summed E-state index contributed by atoms with van der Waals surface area (Å²) in [5, 5.41) is 22.7. The van der Waals surface area contributed by atoms with E-state index in [4.69, 9.17) is 0 Å². The Hall–Kier alpha value is -2.65. The predicted octanol–water partition coefficient (Wildman–Crippen LogP) is 0.0937. The van der Waals surface area contributed by atoms with E-state index in [1.54, 1.807) is 17.9 Å². The molecule has 0 bridgehead atoms. The van der Waals surface area contributed by atoms with Gasteiger partial charge < -0.3 is 40.1 Å². The quantitative estimate of drug-likeness (QED) is 0.236. The van der Waals surface area contributed by atoms with Crippen LogP contribution >= 0.6 is 11.8 Å². The Bertz CT molecular complexity index is 1070. The smallest absolute Gasteiger partial charge is 0.358 e. The van der Waals surface area contributed by atoms with Crippen LogP contribution in [0.15, 0.2) is 29.0 Å². The second kappa shape index (κ2) is 12.2. The van der Waals surface area contributed by atoms with Crippen LogP contribution in [0.25, 0.3) is 11.2 Å². The molecule has 0 aliphatic carbocycles. The zero-order chi connectivity index (χ0) is 23.8.